The van der Waals surface area contributed by atoms with E-state index in [-0.39, 0.29) is 11.9 Å². The second-order valence-electron chi connectivity index (χ2n) is 4.75. The van der Waals surface area contributed by atoms with E-state index in [0.29, 0.717) is 24.4 Å². The summed E-state index contributed by atoms with van der Waals surface area (Å²) in [6, 6.07) is 0. The van der Waals surface area contributed by atoms with Crippen molar-refractivity contribution in [3.63, 3.8) is 0 Å². The fraction of sp³-hybridized carbons (Fsp3) is 0.529. The van der Waals surface area contributed by atoms with Crippen molar-refractivity contribution < 1.29 is 19.1 Å². The fourth-order valence-electron chi connectivity index (χ4n) is 1.55. The molecule has 4 heteroatoms. The van der Waals surface area contributed by atoms with Gasteiger partial charge in [0, 0.05) is 12.0 Å². The van der Waals surface area contributed by atoms with E-state index in [4.69, 9.17) is 9.47 Å². The molecule has 0 aliphatic carbocycles. The van der Waals surface area contributed by atoms with E-state index in [1.165, 1.54) is 0 Å². The van der Waals surface area contributed by atoms with Crippen LogP contribution in [0.3, 0.4) is 0 Å². The first-order valence-corrected chi connectivity index (χ1v) is 7.33. The molecule has 0 aromatic carbocycles. The first-order valence-electron chi connectivity index (χ1n) is 7.33. The monoisotopic (exact) mass is 294 g/mol. The highest BCUT2D eigenvalue weighted by Gasteiger charge is 2.05. The zero-order valence-electron chi connectivity index (χ0n) is 13.3. The lowest BCUT2D eigenvalue weighted by atomic mass is 10.1. The van der Waals surface area contributed by atoms with Crippen LogP contribution < -0.4 is 0 Å². The van der Waals surface area contributed by atoms with Crippen molar-refractivity contribution in [1.82, 2.24) is 0 Å². The Morgan fingerprint density at radius 2 is 1.76 bits per heavy atom. The Balaban J connectivity index is 3.61. The lowest BCUT2D eigenvalue weighted by Crippen LogP contribution is -2.06. The van der Waals surface area contributed by atoms with Crippen molar-refractivity contribution in [1.29, 1.82) is 0 Å². The van der Waals surface area contributed by atoms with Gasteiger partial charge in [0.2, 0.25) is 0 Å². The molecule has 0 rings (SSSR count). The summed E-state index contributed by atoms with van der Waals surface area (Å²) < 4.78 is 10.2. The molecule has 118 valence electrons. The molecule has 0 atom stereocenters. The molecule has 0 aromatic rings. The van der Waals surface area contributed by atoms with Crippen molar-refractivity contribution in [2.75, 3.05) is 6.61 Å². The molecule has 0 radical (unpaired) electrons. The summed E-state index contributed by atoms with van der Waals surface area (Å²) in [5, 5.41) is 0. The van der Waals surface area contributed by atoms with Crippen LogP contribution in [0.5, 0.6) is 0 Å². The zero-order valence-corrected chi connectivity index (χ0v) is 13.3. The number of rotatable bonds is 10. The van der Waals surface area contributed by atoms with E-state index in [2.05, 4.69) is 6.58 Å². The Labute approximate surface area is 127 Å². The second-order valence-corrected chi connectivity index (χ2v) is 4.75. The van der Waals surface area contributed by atoms with Crippen molar-refractivity contribution in [2.45, 2.75) is 52.9 Å². The van der Waals surface area contributed by atoms with Gasteiger partial charge in [-0.1, -0.05) is 25.5 Å². The van der Waals surface area contributed by atoms with Crippen LogP contribution in [-0.4, -0.2) is 18.5 Å². The normalized spacial score (nSPS) is 11.5. The van der Waals surface area contributed by atoms with Crippen LogP contribution >= 0.6 is 0 Å². The molecule has 0 aliphatic heterocycles. The third kappa shape index (κ3) is 10.6. The molecule has 0 amide bonds. The second kappa shape index (κ2) is 11.9. The highest BCUT2D eigenvalue weighted by molar-refractivity contribution is 5.86. The van der Waals surface area contributed by atoms with Crippen LogP contribution in [0, 0.1) is 0 Å². The average Bonchev–Trinajstić information content (AvgIpc) is 2.45. The van der Waals surface area contributed by atoms with E-state index in [1.54, 1.807) is 19.1 Å². The van der Waals surface area contributed by atoms with Gasteiger partial charge in [-0.3, -0.25) is 4.79 Å². The lowest BCUT2D eigenvalue weighted by Gasteiger charge is -2.05. The lowest BCUT2D eigenvalue weighted by molar-refractivity contribution is -0.139. The standard InChI is InChI=1S/C17H26O4/c1-5-11-15(6-2)21-16(18)12-9-7-8-10-13-20-17(19)14(3)4/h5-6,11H,3,7-10,12-13H2,1-2,4H3/b11-5-,15-6+. The molecule has 0 unspecified atom stereocenters. The Morgan fingerprint density at radius 1 is 1.10 bits per heavy atom. The van der Waals surface area contributed by atoms with E-state index in [0.717, 1.165) is 25.7 Å². The number of carbonyl (C=O) groups excluding carboxylic acids is 2. The molecule has 21 heavy (non-hydrogen) atoms. The summed E-state index contributed by atoms with van der Waals surface area (Å²) in [6.07, 6.45) is 9.15. The first kappa shape index (κ1) is 19.2. The van der Waals surface area contributed by atoms with E-state index in [1.807, 2.05) is 19.9 Å². The predicted octanol–water partition coefficient (Wildman–Crippen LogP) is 4.08. The summed E-state index contributed by atoms with van der Waals surface area (Å²) in [6.45, 7) is 9.24. The summed E-state index contributed by atoms with van der Waals surface area (Å²) in [5.74, 6) is 0.0190. The highest BCUT2D eigenvalue weighted by atomic mass is 16.5. The van der Waals surface area contributed by atoms with Gasteiger partial charge >= 0.3 is 11.9 Å². The number of carbonyl (C=O) groups is 2. The van der Waals surface area contributed by atoms with Crippen LogP contribution in [0.1, 0.15) is 52.9 Å². The van der Waals surface area contributed by atoms with Crippen molar-refractivity contribution in [3.05, 3.63) is 36.1 Å². The van der Waals surface area contributed by atoms with Gasteiger partial charge in [0.15, 0.2) is 0 Å². The molecule has 0 aromatic heterocycles. The van der Waals surface area contributed by atoms with E-state index < -0.39 is 0 Å². The van der Waals surface area contributed by atoms with Crippen LogP contribution in [0.2, 0.25) is 0 Å². The van der Waals surface area contributed by atoms with Crippen molar-refractivity contribution >= 4 is 11.9 Å². The Bertz CT molecular complexity index is 405. The Morgan fingerprint density at radius 3 is 2.33 bits per heavy atom. The molecular weight excluding hydrogens is 268 g/mol. The summed E-state index contributed by atoms with van der Waals surface area (Å²) in [4.78, 5) is 22.7. The number of esters is 2. The SMILES string of the molecule is C=C(C)C(=O)OCCCCCCC(=O)OC(/C=C\C)=C/C. The van der Waals surface area contributed by atoms with Gasteiger partial charge in [-0.15, -0.1) is 0 Å². The Kier molecular flexibility index (Phi) is 10.9. The smallest absolute Gasteiger partial charge is 0.333 e. The van der Waals surface area contributed by atoms with Crippen LogP contribution in [0.4, 0.5) is 0 Å². The maximum atomic E-state index is 11.6. The molecule has 0 saturated heterocycles. The van der Waals surface area contributed by atoms with Crippen LogP contribution in [-0.2, 0) is 19.1 Å². The number of hydrogen-bond acceptors (Lipinski definition) is 4. The van der Waals surface area contributed by atoms with Gasteiger partial charge in [-0.25, -0.2) is 4.79 Å². The number of unbranched alkanes of at least 4 members (excludes halogenated alkanes) is 3. The van der Waals surface area contributed by atoms with Crippen LogP contribution in [0.15, 0.2) is 36.1 Å². The third-order valence-corrected chi connectivity index (χ3v) is 2.70. The molecule has 0 aliphatic rings. The topological polar surface area (TPSA) is 52.6 Å². The first-order chi connectivity index (χ1) is 10.0. The zero-order chi connectivity index (χ0) is 16.1. The van der Waals surface area contributed by atoms with Crippen molar-refractivity contribution in [3.8, 4) is 0 Å². The molecule has 0 fully saturated rings. The largest absolute Gasteiger partial charge is 0.462 e. The quantitative estimate of drug-likeness (QED) is 0.200. The van der Waals surface area contributed by atoms with Gasteiger partial charge in [0.25, 0.3) is 0 Å². The van der Waals surface area contributed by atoms with E-state index in [9.17, 15) is 9.59 Å². The Hall–Kier alpha value is -1.84. The molecule has 0 N–H and O–H groups in total. The minimum absolute atomic E-state index is 0.213. The van der Waals surface area contributed by atoms with Gasteiger partial charge in [-0.05, 0) is 45.8 Å². The van der Waals surface area contributed by atoms with Crippen LogP contribution in [0.25, 0.3) is 0 Å². The minimum Gasteiger partial charge on any atom is -0.462 e. The van der Waals surface area contributed by atoms with Crippen molar-refractivity contribution in [2.24, 2.45) is 0 Å². The molecular formula is C17H26O4. The molecule has 4 nitrogen and oxygen atoms in total. The molecule has 0 saturated carbocycles. The maximum absolute atomic E-state index is 11.6. The number of allylic oxidation sites excluding steroid dienone is 3. The number of hydrogen-bond donors (Lipinski definition) is 0. The minimum atomic E-state index is -0.346. The molecule has 0 heterocycles. The summed E-state index contributed by atoms with van der Waals surface area (Å²) >= 11 is 0. The fourth-order valence-corrected chi connectivity index (χ4v) is 1.55. The summed E-state index contributed by atoms with van der Waals surface area (Å²) in [5.41, 5.74) is 0.415. The summed E-state index contributed by atoms with van der Waals surface area (Å²) in [7, 11) is 0. The van der Waals surface area contributed by atoms with E-state index >= 15 is 0 Å². The third-order valence-electron chi connectivity index (χ3n) is 2.70. The molecule has 0 bridgehead atoms. The highest BCUT2D eigenvalue weighted by Crippen LogP contribution is 2.08. The maximum Gasteiger partial charge on any atom is 0.333 e. The van der Waals surface area contributed by atoms with Gasteiger partial charge in [0.05, 0.1) is 6.61 Å². The van der Waals surface area contributed by atoms with Gasteiger partial charge in [-0.2, -0.15) is 0 Å². The van der Waals surface area contributed by atoms with Gasteiger partial charge < -0.3 is 9.47 Å². The number of ether oxygens (including phenoxy) is 2. The molecule has 0 spiro atoms. The predicted molar refractivity (Wildman–Crippen MR) is 83.5 cm³/mol. The average molecular weight is 294 g/mol. The van der Waals surface area contributed by atoms with Gasteiger partial charge in [0.1, 0.15) is 5.76 Å².